The van der Waals surface area contributed by atoms with Crippen LogP contribution in [-0.2, 0) is 4.74 Å². The predicted octanol–water partition coefficient (Wildman–Crippen LogP) is 2.67. The number of ether oxygens (including phenoxy) is 1. The molecule has 3 rings (SSSR count). The maximum absolute atomic E-state index is 10.8. The van der Waals surface area contributed by atoms with Gasteiger partial charge in [0.1, 0.15) is 12.0 Å². The summed E-state index contributed by atoms with van der Waals surface area (Å²) in [4.78, 5) is 14.6. The highest BCUT2D eigenvalue weighted by atomic mass is 16.6. The summed E-state index contributed by atoms with van der Waals surface area (Å²) >= 11 is 0. The third-order valence-electron chi connectivity index (χ3n) is 4.39. The van der Waals surface area contributed by atoms with E-state index in [1.807, 2.05) is 0 Å². The van der Waals surface area contributed by atoms with Gasteiger partial charge < -0.3 is 10.1 Å². The van der Waals surface area contributed by atoms with Gasteiger partial charge in [-0.3, -0.25) is 10.1 Å². The monoisotopic (exact) mass is 277 g/mol. The molecule has 1 aromatic rings. The SMILES string of the molecule is Cc1cc(NC2CCCC3OCCC23)ncc1[N+](=O)[O-]. The van der Waals surface area contributed by atoms with Crippen molar-refractivity contribution in [2.75, 3.05) is 11.9 Å². The minimum absolute atomic E-state index is 0.0706. The van der Waals surface area contributed by atoms with Gasteiger partial charge in [-0.15, -0.1) is 0 Å². The van der Waals surface area contributed by atoms with E-state index in [4.69, 9.17) is 4.74 Å². The highest BCUT2D eigenvalue weighted by Crippen LogP contribution is 2.36. The first-order valence-electron chi connectivity index (χ1n) is 7.14. The quantitative estimate of drug-likeness (QED) is 0.679. The van der Waals surface area contributed by atoms with Crippen LogP contribution in [0.25, 0.3) is 0 Å². The number of nitrogens with one attached hydrogen (secondary N) is 1. The molecule has 3 atom stereocenters. The topological polar surface area (TPSA) is 77.3 Å². The maximum atomic E-state index is 10.8. The van der Waals surface area contributed by atoms with E-state index in [0.717, 1.165) is 38.1 Å². The molecule has 6 heteroatoms. The lowest BCUT2D eigenvalue weighted by Gasteiger charge is -2.33. The van der Waals surface area contributed by atoms with Crippen molar-refractivity contribution in [2.45, 2.75) is 44.8 Å². The Bertz CT molecular complexity index is 520. The molecule has 2 aliphatic rings. The number of nitro groups is 1. The van der Waals surface area contributed by atoms with Gasteiger partial charge in [-0.25, -0.2) is 4.98 Å². The number of fused-ring (bicyclic) bond motifs is 1. The first kappa shape index (κ1) is 13.3. The molecule has 1 saturated heterocycles. The van der Waals surface area contributed by atoms with Crippen molar-refractivity contribution < 1.29 is 9.66 Å². The summed E-state index contributed by atoms with van der Waals surface area (Å²) in [6.07, 6.45) is 6.22. The lowest BCUT2D eigenvalue weighted by molar-refractivity contribution is -0.385. The standard InChI is InChI=1S/C14H19N3O3/c1-9-7-14(15-8-12(9)17(18)19)16-11-3-2-4-13-10(11)5-6-20-13/h7-8,10-11,13H,2-6H2,1H3,(H,15,16). The summed E-state index contributed by atoms with van der Waals surface area (Å²) in [5, 5.41) is 14.2. The lowest BCUT2D eigenvalue weighted by atomic mass is 9.82. The number of pyridine rings is 1. The Morgan fingerprint density at radius 3 is 3.05 bits per heavy atom. The molecule has 1 aliphatic heterocycles. The van der Waals surface area contributed by atoms with Crippen LogP contribution in [0.2, 0.25) is 0 Å². The molecule has 1 aliphatic carbocycles. The summed E-state index contributed by atoms with van der Waals surface area (Å²) in [7, 11) is 0. The van der Waals surface area contributed by atoms with E-state index in [0.29, 0.717) is 23.6 Å². The third kappa shape index (κ3) is 2.47. The lowest BCUT2D eigenvalue weighted by Crippen LogP contribution is -2.38. The van der Waals surface area contributed by atoms with Crippen molar-refractivity contribution in [3.63, 3.8) is 0 Å². The van der Waals surface area contributed by atoms with Crippen LogP contribution in [0.15, 0.2) is 12.3 Å². The zero-order valence-electron chi connectivity index (χ0n) is 11.5. The molecule has 108 valence electrons. The minimum Gasteiger partial charge on any atom is -0.378 e. The summed E-state index contributed by atoms with van der Waals surface area (Å²) in [6, 6.07) is 2.13. The summed E-state index contributed by atoms with van der Waals surface area (Å²) in [5.41, 5.74) is 0.712. The van der Waals surface area contributed by atoms with Gasteiger partial charge in [-0.1, -0.05) is 0 Å². The molecule has 2 heterocycles. The van der Waals surface area contributed by atoms with Crippen LogP contribution in [-0.4, -0.2) is 28.7 Å². The van der Waals surface area contributed by atoms with Crippen molar-refractivity contribution in [1.82, 2.24) is 4.98 Å². The Balaban J connectivity index is 1.74. The van der Waals surface area contributed by atoms with Crippen molar-refractivity contribution in [2.24, 2.45) is 5.92 Å². The van der Waals surface area contributed by atoms with Crippen LogP contribution in [0.5, 0.6) is 0 Å². The second-order valence-electron chi connectivity index (χ2n) is 5.66. The van der Waals surface area contributed by atoms with E-state index in [9.17, 15) is 10.1 Å². The van der Waals surface area contributed by atoms with Gasteiger partial charge in [0.05, 0.1) is 11.0 Å². The van der Waals surface area contributed by atoms with Gasteiger partial charge in [0, 0.05) is 24.1 Å². The zero-order chi connectivity index (χ0) is 14.1. The Morgan fingerprint density at radius 1 is 1.45 bits per heavy atom. The molecular weight excluding hydrogens is 258 g/mol. The van der Waals surface area contributed by atoms with Gasteiger partial charge in [0.2, 0.25) is 0 Å². The number of anilines is 1. The van der Waals surface area contributed by atoms with E-state index in [-0.39, 0.29) is 5.69 Å². The first-order valence-corrected chi connectivity index (χ1v) is 7.14. The molecule has 1 saturated carbocycles. The van der Waals surface area contributed by atoms with Gasteiger partial charge in [-0.05, 0) is 38.7 Å². The van der Waals surface area contributed by atoms with E-state index >= 15 is 0 Å². The van der Waals surface area contributed by atoms with E-state index in [2.05, 4.69) is 10.3 Å². The van der Waals surface area contributed by atoms with Crippen LogP contribution in [0.4, 0.5) is 11.5 Å². The summed E-state index contributed by atoms with van der Waals surface area (Å²) < 4.78 is 5.75. The van der Waals surface area contributed by atoms with Crippen molar-refractivity contribution >= 4 is 11.5 Å². The van der Waals surface area contributed by atoms with Crippen molar-refractivity contribution in [3.05, 3.63) is 27.9 Å². The number of rotatable bonds is 3. The predicted molar refractivity (Wildman–Crippen MR) is 74.7 cm³/mol. The number of nitrogens with zero attached hydrogens (tertiary/aromatic N) is 2. The Kier molecular flexibility index (Phi) is 3.56. The Labute approximate surface area is 117 Å². The minimum atomic E-state index is -0.395. The van der Waals surface area contributed by atoms with Crippen LogP contribution >= 0.6 is 0 Å². The van der Waals surface area contributed by atoms with Gasteiger partial charge in [0.25, 0.3) is 5.69 Å². The second kappa shape index (κ2) is 5.36. The average Bonchev–Trinajstić information content (AvgIpc) is 2.87. The molecule has 0 aromatic carbocycles. The number of hydrogen-bond donors (Lipinski definition) is 1. The van der Waals surface area contributed by atoms with Crippen LogP contribution in [0.3, 0.4) is 0 Å². The normalized spacial score (nSPS) is 28.9. The average molecular weight is 277 g/mol. The van der Waals surface area contributed by atoms with Crippen molar-refractivity contribution in [1.29, 1.82) is 0 Å². The molecule has 6 nitrogen and oxygen atoms in total. The Morgan fingerprint density at radius 2 is 2.30 bits per heavy atom. The number of hydrogen-bond acceptors (Lipinski definition) is 5. The largest absolute Gasteiger partial charge is 0.378 e. The zero-order valence-corrected chi connectivity index (χ0v) is 11.5. The number of aryl methyl sites for hydroxylation is 1. The fourth-order valence-corrected chi connectivity index (χ4v) is 3.36. The molecule has 1 aromatic heterocycles. The Hall–Kier alpha value is -1.69. The fraction of sp³-hybridized carbons (Fsp3) is 0.643. The van der Waals surface area contributed by atoms with Gasteiger partial charge in [-0.2, -0.15) is 0 Å². The smallest absolute Gasteiger partial charge is 0.290 e. The van der Waals surface area contributed by atoms with E-state index in [1.54, 1.807) is 13.0 Å². The first-order chi connectivity index (χ1) is 9.65. The molecule has 0 radical (unpaired) electrons. The molecule has 0 spiro atoms. The van der Waals surface area contributed by atoms with Crippen LogP contribution in [0, 0.1) is 23.0 Å². The highest BCUT2D eigenvalue weighted by molar-refractivity contribution is 5.47. The molecule has 2 fully saturated rings. The fourth-order valence-electron chi connectivity index (χ4n) is 3.36. The molecule has 3 unspecified atom stereocenters. The van der Waals surface area contributed by atoms with E-state index < -0.39 is 4.92 Å². The number of aromatic nitrogens is 1. The van der Waals surface area contributed by atoms with Gasteiger partial charge >= 0.3 is 0 Å². The summed E-state index contributed by atoms with van der Waals surface area (Å²) in [6.45, 7) is 2.59. The second-order valence-corrected chi connectivity index (χ2v) is 5.66. The maximum Gasteiger partial charge on any atom is 0.290 e. The van der Waals surface area contributed by atoms with Crippen molar-refractivity contribution in [3.8, 4) is 0 Å². The molecule has 1 N–H and O–H groups in total. The molecule has 0 amide bonds. The van der Waals surface area contributed by atoms with Crippen LogP contribution < -0.4 is 5.32 Å². The summed E-state index contributed by atoms with van der Waals surface area (Å²) in [5.74, 6) is 1.27. The van der Waals surface area contributed by atoms with E-state index in [1.165, 1.54) is 6.20 Å². The third-order valence-corrected chi connectivity index (χ3v) is 4.39. The molecule has 20 heavy (non-hydrogen) atoms. The molecule has 0 bridgehead atoms. The van der Waals surface area contributed by atoms with Gasteiger partial charge in [0.15, 0.2) is 0 Å². The van der Waals surface area contributed by atoms with Crippen LogP contribution in [0.1, 0.15) is 31.2 Å². The molecular formula is C14H19N3O3. The highest BCUT2D eigenvalue weighted by Gasteiger charge is 2.37.